The summed E-state index contributed by atoms with van der Waals surface area (Å²) in [6, 6.07) is 0. The molecule has 5 nitrogen and oxygen atoms in total. The van der Waals surface area contributed by atoms with Crippen LogP contribution in [0.3, 0.4) is 0 Å². The Bertz CT molecular complexity index is 399. The Balaban J connectivity index is 2.65. The topological polar surface area (TPSA) is 56.7 Å². The third kappa shape index (κ3) is 5.57. The highest BCUT2D eigenvalue weighted by molar-refractivity contribution is 7.15. The molecular weight excluding hydrogens is 262 g/mol. The number of carboxylic acids is 1. The fourth-order valence-electron chi connectivity index (χ4n) is 1.70. The van der Waals surface area contributed by atoms with E-state index in [1.54, 1.807) is 11.3 Å². The van der Waals surface area contributed by atoms with Crippen molar-refractivity contribution in [2.24, 2.45) is 0 Å². The van der Waals surface area contributed by atoms with Crippen LogP contribution in [0.4, 0.5) is 5.13 Å². The van der Waals surface area contributed by atoms with Gasteiger partial charge < -0.3 is 14.9 Å². The summed E-state index contributed by atoms with van der Waals surface area (Å²) in [7, 11) is 4.08. The number of carbonyl (C=O) groups is 1. The van der Waals surface area contributed by atoms with E-state index in [0.29, 0.717) is 6.54 Å². The predicted molar refractivity (Wildman–Crippen MR) is 79.2 cm³/mol. The van der Waals surface area contributed by atoms with E-state index >= 15 is 0 Å². The number of aryl methyl sites for hydroxylation is 2. The standard InChI is InChI=1S/C13H23N3O2S/c1-10-11(2)19-13(14-10)16(9-6-12(17)18)8-5-7-15(3)4/h5-9H2,1-4H3,(H,17,18). The smallest absolute Gasteiger partial charge is 0.305 e. The molecule has 0 atom stereocenters. The maximum atomic E-state index is 10.7. The molecule has 0 saturated heterocycles. The molecule has 0 fully saturated rings. The average Bonchev–Trinajstić information content (AvgIpc) is 2.63. The van der Waals surface area contributed by atoms with Gasteiger partial charge in [0.1, 0.15) is 0 Å². The van der Waals surface area contributed by atoms with Crippen LogP contribution in [0.25, 0.3) is 0 Å². The quantitative estimate of drug-likeness (QED) is 0.791. The van der Waals surface area contributed by atoms with E-state index in [0.717, 1.165) is 30.3 Å². The molecule has 1 N–H and O–H groups in total. The van der Waals surface area contributed by atoms with Crippen LogP contribution in [0.1, 0.15) is 23.4 Å². The zero-order valence-corrected chi connectivity index (χ0v) is 13.0. The van der Waals surface area contributed by atoms with Gasteiger partial charge in [-0.15, -0.1) is 11.3 Å². The molecule has 0 radical (unpaired) electrons. The predicted octanol–water partition coefficient (Wildman–Crippen LogP) is 1.99. The average molecular weight is 285 g/mol. The summed E-state index contributed by atoms with van der Waals surface area (Å²) in [5.41, 5.74) is 1.04. The summed E-state index contributed by atoms with van der Waals surface area (Å²) < 4.78 is 0. The van der Waals surface area contributed by atoms with E-state index in [2.05, 4.69) is 14.8 Å². The van der Waals surface area contributed by atoms with Crippen molar-refractivity contribution in [1.82, 2.24) is 9.88 Å². The molecule has 0 bridgehead atoms. The van der Waals surface area contributed by atoms with E-state index in [9.17, 15) is 4.79 Å². The van der Waals surface area contributed by atoms with Gasteiger partial charge in [-0.1, -0.05) is 0 Å². The van der Waals surface area contributed by atoms with Crippen molar-refractivity contribution in [3.05, 3.63) is 10.6 Å². The lowest BCUT2D eigenvalue weighted by molar-refractivity contribution is -0.136. The fraction of sp³-hybridized carbons (Fsp3) is 0.692. The van der Waals surface area contributed by atoms with Crippen molar-refractivity contribution in [2.75, 3.05) is 38.6 Å². The van der Waals surface area contributed by atoms with Gasteiger partial charge in [0.2, 0.25) is 0 Å². The van der Waals surface area contributed by atoms with Crippen LogP contribution >= 0.6 is 11.3 Å². The largest absolute Gasteiger partial charge is 0.481 e. The Labute approximate surface area is 118 Å². The summed E-state index contributed by atoms with van der Waals surface area (Å²) in [6.07, 6.45) is 1.16. The minimum absolute atomic E-state index is 0.152. The minimum atomic E-state index is -0.761. The van der Waals surface area contributed by atoms with Crippen LogP contribution in [0.2, 0.25) is 0 Å². The zero-order valence-electron chi connectivity index (χ0n) is 12.1. The third-order valence-electron chi connectivity index (χ3n) is 2.92. The number of hydrogen-bond donors (Lipinski definition) is 1. The molecule has 1 heterocycles. The highest BCUT2D eigenvalue weighted by atomic mass is 32.1. The number of carboxylic acid groups (broad SMARTS) is 1. The highest BCUT2D eigenvalue weighted by Gasteiger charge is 2.13. The van der Waals surface area contributed by atoms with Gasteiger partial charge in [-0.05, 0) is 40.9 Å². The summed E-state index contributed by atoms with van der Waals surface area (Å²) in [4.78, 5) is 20.7. The van der Waals surface area contributed by atoms with E-state index in [4.69, 9.17) is 5.11 Å². The molecule has 0 aliphatic carbocycles. The normalized spacial score (nSPS) is 11.0. The molecule has 1 aromatic heterocycles. The van der Waals surface area contributed by atoms with Crippen LogP contribution in [0.15, 0.2) is 0 Å². The molecule has 0 amide bonds. The van der Waals surface area contributed by atoms with Crippen LogP contribution in [-0.4, -0.2) is 54.7 Å². The fourth-order valence-corrected chi connectivity index (χ4v) is 2.66. The summed E-state index contributed by atoms with van der Waals surface area (Å²) in [5, 5.41) is 9.77. The van der Waals surface area contributed by atoms with Crippen molar-refractivity contribution in [2.45, 2.75) is 26.7 Å². The lowest BCUT2D eigenvalue weighted by Gasteiger charge is -2.22. The second-order valence-electron chi connectivity index (χ2n) is 4.93. The van der Waals surface area contributed by atoms with E-state index in [1.165, 1.54) is 4.88 Å². The zero-order chi connectivity index (χ0) is 14.4. The molecule has 1 aromatic rings. The second-order valence-corrected chi connectivity index (χ2v) is 6.11. The first-order valence-corrected chi connectivity index (χ1v) is 7.27. The molecule has 0 unspecified atom stereocenters. The van der Waals surface area contributed by atoms with Gasteiger partial charge >= 0.3 is 5.97 Å². The Morgan fingerprint density at radius 2 is 1.95 bits per heavy atom. The highest BCUT2D eigenvalue weighted by Crippen LogP contribution is 2.25. The molecule has 108 valence electrons. The molecule has 0 aromatic carbocycles. The molecule has 0 spiro atoms. The Morgan fingerprint density at radius 3 is 2.42 bits per heavy atom. The number of anilines is 1. The van der Waals surface area contributed by atoms with Gasteiger partial charge in [-0.3, -0.25) is 4.79 Å². The minimum Gasteiger partial charge on any atom is -0.481 e. The van der Waals surface area contributed by atoms with E-state index in [1.807, 2.05) is 27.9 Å². The van der Waals surface area contributed by atoms with Gasteiger partial charge in [0.05, 0.1) is 12.1 Å². The molecule has 0 aliphatic heterocycles. The summed E-state index contributed by atoms with van der Waals surface area (Å²) in [6.45, 7) is 6.40. The van der Waals surface area contributed by atoms with Crippen LogP contribution in [0.5, 0.6) is 0 Å². The number of aliphatic carboxylic acids is 1. The molecule has 6 heteroatoms. The third-order valence-corrected chi connectivity index (χ3v) is 4.05. The monoisotopic (exact) mass is 285 g/mol. The number of thiazole rings is 1. The van der Waals surface area contributed by atoms with Gasteiger partial charge in [0.15, 0.2) is 5.13 Å². The van der Waals surface area contributed by atoms with Gasteiger partial charge in [-0.2, -0.15) is 0 Å². The Hall–Kier alpha value is -1.14. The first-order valence-electron chi connectivity index (χ1n) is 6.45. The first-order chi connectivity index (χ1) is 8.90. The molecule has 1 rings (SSSR count). The van der Waals surface area contributed by atoms with Gasteiger partial charge in [0.25, 0.3) is 0 Å². The van der Waals surface area contributed by atoms with Crippen molar-refractivity contribution in [3.63, 3.8) is 0 Å². The number of aromatic nitrogens is 1. The second kappa shape index (κ2) is 7.45. The van der Waals surface area contributed by atoms with Crippen LogP contribution in [0, 0.1) is 13.8 Å². The van der Waals surface area contributed by atoms with Crippen molar-refractivity contribution >= 4 is 22.4 Å². The van der Waals surface area contributed by atoms with Crippen molar-refractivity contribution in [3.8, 4) is 0 Å². The maximum Gasteiger partial charge on any atom is 0.305 e. The number of nitrogens with zero attached hydrogens (tertiary/aromatic N) is 3. The molecule has 0 saturated carbocycles. The van der Waals surface area contributed by atoms with Gasteiger partial charge in [0, 0.05) is 18.0 Å². The maximum absolute atomic E-state index is 10.7. The van der Waals surface area contributed by atoms with Crippen LogP contribution < -0.4 is 4.90 Å². The first kappa shape index (κ1) is 15.9. The molecule has 0 aliphatic rings. The summed E-state index contributed by atoms with van der Waals surface area (Å²) >= 11 is 1.64. The number of hydrogen-bond acceptors (Lipinski definition) is 5. The van der Waals surface area contributed by atoms with Crippen LogP contribution in [-0.2, 0) is 4.79 Å². The Kier molecular flexibility index (Phi) is 6.24. The molecule has 19 heavy (non-hydrogen) atoms. The lowest BCUT2D eigenvalue weighted by atomic mass is 10.3. The molecular formula is C13H23N3O2S. The van der Waals surface area contributed by atoms with E-state index in [-0.39, 0.29) is 6.42 Å². The Morgan fingerprint density at radius 1 is 1.26 bits per heavy atom. The number of rotatable bonds is 8. The van der Waals surface area contributed by atoms with Gasteiger partial charge in [-0.25, -0.2) is 4.98 Å². The van der Waals surface area contributed by atoms with Crippen molar-refractivity contribution in [1.29, 1.82) is 0 Å². The summed E-state index contributed by atoms with van der Waals surface area (Å²) in [5.74, 6) is -0.761. The SMILES string of the molecule is Cc1nc(N(CCCN(C)C)CCC(=O)O)sc1C. The lowest BCUT2D eigenvalue weighted by Crippen LogP contribution is -2.29. The van der Waals surface area contributed by atoms with Crippen molar-refractivity contribution < 1.29 is 9.90 Å². The van der Waals surface area contributed by atoms with E-state index < -0.39 is 5.97 Å².